The molecule has 1 aromatic rings. The monoisotopic (exact) mass is 472 g/mol. The van der Waals surface area contributed by atoms with Gasteiger partial charge in [0.1, 0.15) is 0 Å². The maximum absolute atomic E-state index is 11.9. The van der Waals surface area contributed by atoms with Crippen molar-refractivity contribution in [1.29, 1.82) is 0 Å². The van der Waals surface area contributed by atoms with Gasteiger partial charge in [0, 0.05) is 56.4 Å². The third-order valence-electron chi connectivity index (χ3n) is 5.24. The summed E-state index contributed by atoms with van der Waals surface area (Å²) in [5.74, 6) is 0.884. The standard InChI is InChI=1S/C19H29ClN4O.3ClH/c20-17-2-1-3-18(14-17)24-12-10-23(11-13-24)9-8-22-19(25)5-4-16-6-7-21-15-16;;;/h1-3,14,16,21H,4-13,15H2,(H,22,25);3*1H. The van der Waals surface area contributed by atoms with Crippen molar-refractivity contribution in [3.8, 4) is 0 Å². The largest absolute Gasteiger partial charge is 0.369 e. The molecule has 3 rings (SSSR count). The van der Waals surface area contributed by atoms with Crippen molar-refractivity contribution >= 4 is 60.4 Å². The van der Waals surface area contributed by atoms with E-state index in [9.17, 15) is 4.79 Å². The normalized spacial score (nSPS) is 19.2. The van der Waals surface area contributed by atoms with Crippen LogP contribution in [0.15, 0.2) is 24.3 Å². The average molecular weight is 474 g/mol. The van der Waals surface area contributed by atoms with Crippen molar-refractivity contribution in [2.45, 2.75) is 19.3 Å². The van der Waals surface area contributed by atoms with Gasteiger partial charge in [-0.2, -0.15) is 0 Å². The Morgan fingerprint density at radius 3 is 2.57 bits per heavy atom. The van der Waals surface area contributed by atoms with Gasteiger partial charge in [-0.25, -0.2) is 0 Å². The van der Waals surface area contributed by atoms with Crippen molar-refractivity contribution in [2.75, 3.05) is 57.3 Å². The quantitative estimate of drug-likeness (QED) is 0.638. The SMILES string of the molecule is Cl.Cl.Cl.O=C(CCC1CCNC1)NCCN1CCN(c2cccc(Cl)c2)CC1. The minimum Gasteiger partial charge on any atom is -0.369 e. The van der Waals surface area contributed by atoms with Crippen LogP contribution in [0.5, 0.6) is 0 Å². The fourth-order valence-corrected chi connectivity index (χ4v) is 3.82. The van der Waals surface area contributed by atoms with Crippen LogP contribution in [0.4, 0.5) is 5.69 Å². The van der Waals surface area contributed by atoms with Gasteiger partial charge in [0.2, 0.25) is 5.91 Å². The van der Waals surface area contributed by atoms with E-state index in [0.717, 1.165) is 63.8 Å². The zero-order valence-electron chi connectivity index (χ0n) is 16.1. The Hall–Kier alpha value is -0.430. The topological polar surface area (TPSA) is 47.6 Å². The number of nitrogens with zero attached hydrogens (tertiary/aromatic N) is 2. The number of nitrogens with one attached hydrogen (secondary N) is 2. The Labute approximate surface area is 192 Å². The molecule has 2 aliphatic heterocycles. The van der Waals surface area contributed by atoms with Crippen molar-refractivity contribution in [2.24, 2.45) is 5.92 Å². The second-order valence-corrected chi connectivity index (χ2v) is 7.49. The molecule has 2 N–H and O–H groups in total. The molecule has 1 aromatic carbocycles. The zero-order valence-corrected chi connectivity index (χ0v) is 19.3. The van der Waals surface area contributed by atoms with Crippen molar-refractivity contribution in [3.63, 3.8) is 0 Å². The number of carbonyl (C=O) groups is 1. The van der Waals surface area contributed by atoms with Gasteiger partial charge in [-0.1, -0.05) is 17.7 Å². The number of amides is 1. The Bertz CT molecular complexity index is 565. The van der Waals surface area contributed by atoms with E-state index in [1.165, 1.54) is 12.1 Å². The van der Waals surface area contributed by atoms with Gasteiger partial charge in [0.25, 0.3) is 0 Å². The molecule has 0 saturated carbocycles. The molecule has 5 nitrogen and oxygen atoms in total. The number of piperazine rings is 1. The molecule has 0 bridgehead atoms. The van der Waals surface area contributed by atoms with E-state index < -0.39 is 0 Å². The lowest BCUT2D eigenvalue weighted by Crippen LogP contribution is -2.48. The van der Waals surface area contributed by atoms with Crippen molar-refractivity contribution in [3.05, 3.63) is 29.3 Å². The molecule has 2 heterocycles. The molecule has 162 valence electrons. The van der Waals surface area contributed by atoms with Gasteiger partial charge < -0.3 is 15.5 Å². The van der Waals surface area contributed by atoms with Crippen molar-refractivity contribution in [1.82, 2.24) is 15.5 Å². The van der Waals surface area contributed by atoms with E-state index >= 15 is 0 Å². The first-order valence-corrected chi connectivity index (χ1v) is 9.79. The van der Waals surface area contributed by atoms with E-state index in [4.69, 9.17) is 11.6 Å². The van der Waals surface area contributed by atoms with Gasteiger partial charge in [-0.15, -0.1) is 37.2 Å². The van der Waals surface area contributed by atoms with Gasteiger partial charge in [-0.3, -0.25) is 9.69 Å². The van der Waals surface area contributed by atoms with Crippen LogP contribution in [0.1, 0.15) is 19.3 Å². The van der Waals surface area contributed by atoms with Crippen LogP contribution in [-0.4, -0.2) is 63.2 Å². The van der Waals surface area contributed by atoms with Crippen molar-refractivity contribution < 1.29 is 4.79 Å². The third kappa shape index (κ3) is 8.93. The van der Waals surface area contributed by atoms with E-state index in [-0.39, 0.29) is 43.1 Å². The predicted molar refractivity (Wildman–Crippen MR) is 125 cm³/mol. The molecule has 0 spiro atoms. The molecular formula is C19H32Cl4N4O. The summed E-state index contributed by atoms with van der Waals surface area (Å²) in [4.78, 5) is 16.7. The summed E-state index contributed by atoms with van der Waals surface area (Å²) < 4.78 is 0. The first kappa shape index (κ1) is 27.6. The first-order chi connectivity index (χ1) is 12.2. The van der Waals surface area contributed by atoms with E-state index in [0.29, 0.717) is 12.3 Å². The number of benzene rings is 1. The van der Waals surface area contributed by atoms with Crippen LogP contribution >= 0.6 is 48.8 Å². The Morgan fingerprint density at radius 1 is 1.18 bits per heavy atom. The highest BCUT2D eigenvalue weighted by atomic mass is 35.5. The first-order valence-electron chi connectivity index (χ1n) is 9.41. The molecule has 1 amide bonds. The van der Waals surface area contributed by atoms with Crippen LogP contribution in [0.3, 0.4) is 0 Å². The average Bonchev–Trinajstić information content (AvgIpc) is 3.14. The van der Waals surface area contributed by atoms with Crippen LogP contribution in [-0.2, 0) is 4.79 Å². The highest BCUT2D eigenvalue weighted by Crippen LogP contribution is 2.20. The molecule has 1 atom stereocenters. The summed E-state index contributed by atoms with van der Waals surface area (Å²) in [6.07, 6.45) is 2.89. The number of hydrogen-bond donors (Lipinski definition) is 2. The molecule has 0 aliphatic carbocycles. The molecule has 28 heavy (non-hydrogen) atoms. The molecule has 2 saturated heterocycles. The summed E-state index contributed by atoms with van der Waals surface area (Å²) in [5.41, 5.74) is 1.20. The van der Waals surface area contributed by atoms with E-state index in [1.807, 2.05) is 18.2 Å². The number of hydrogen-bond acceptors (Lipinski definition) is 4. The lowest BCUT2D eigenvalue weighted by molar-refractivity contribution is -0.121. The molecule has 9 heteroatoms. The van der Waals surface area contributed by atoms with Gasteiger partial charge >= 0.3 is 0 Å². The summed E-state index contributed by atoms with van der Waals surface area (Å²) in [5, 5.41) is 7.21. The molecule has 2 aliphatic rings. The third-order valence-corrected chi connectivity index (χ3v) is 5.47. The number of anilines is 1. The molecule has 0 radical (unpaired) electrons. The summed E-state index contributed by atoms with van der Waals surface area (Å²) in [6, 6.07) is 8.05. The number of rotatable bonds is 7. The highest BCUT2D eigenvalue weighted by Gasteiger charge is 2.18. The van der Waals surface area contributed by atoms with E-state index in [2.05, 4.69) is 26.5 Å². The van der Waals surface area contributed by atoms with Crippen LogP contribution in [0.2, 0.25) is 5.02 Å². The second-order valence-electron chi connectivity index (χ2n) is 7.06. The lowest BCUT2D eigenvalue weighted by Gasteiger charge is -2.36. The smallest absolute Gasteiger partial charge is 0.220 e. The van der Waals surface area contributed by atoms with Crippen LogP contribution in [0, 0.1) is 5.92 Å². The molecule has 2 fully saturated rings. The van der Waals surface area contributed by atoms with Gasteiger partial charge in [-0.05, 0) is 50.0 Å². The minimum absolute atomic E-state index is 0. The fourth-order valence-electron chi connectivity index (χ4n) is 3.64. The van der Waals surface area contributed by atoms with Gasteiger partial charge in [0.15, 0.2) is 0 Å². The zero-order chi connectivity index (χ0) is 17.5. The van der Waals surface area contributed by atoms with E-state index in [1.54, 1.807) is 0 Å². The Morgan fingerprint density at radius 2 is 1.93 bits per heavy atom. The Kier molecular flexibility index (Phi) is 14.3. The molecule has 0 aromatic heterocycles. The highest BCUT2D eigenvalue weighted by molar-refractivity contribution is 6.30. The number of carbonyl (C=O) groups excluding carboxylic acids is 1. The maximum atomic E-state index is 11.9. The molecular weight excluding hydrogens is 442 g/mol. The maximum Gasteiger partial charge on any atom is 0.220 e. The van der Waals surface area contributed by atoms with Crippen LogP contribution in [0.25, 0.3) is 0 Å². The fraction of sp³-hybridized carbons (Fsp3) is 0.632. The number of halogens is 4. The predicted octanol–water partition coefficient (Wildman–Crippen LogP) is 3.23. The van der Waals surface area contributed by atoms with Crippen LogP contribution < -0.4 is 15.5 Å². The molecule has 1 unspecified atom stereocenters. The van der Waals surface area contributed by atoms with Gasteiger partial charge in [0.05, 0.1) is 0 Å². The Balaban J connectivity index is 0.00000243. The second kappa shape index (κ2) is 14.5. The summed E-state index contributed by atoms with van der Waals surface area (Å²) >= 11 is 6.08. The summed E-state index contributed by atoms with van der Waals surface area (Å²) in [6.45, 7) is 7.91. The summed E-state index contributed by atoms with van der Waals surface area (Å²) in [7, 11) is 0. The lowest BCUT2D eigenvalue weighted by atomic mass is 10.0. The minimum atomic E-state index is 0.